The van der Waals surface area contributed by atoms with Crippen LogP contribution in [0.15, 0.2) is 0 Å². The molecule has 0 aliphatic rings. The Balaban J connectivity index is 3.31. The summed E-state index contributed by atoms with van der Waals surface area (Å²) in [5.74, 6) is 7.00. The summed E-state index contributed by atoms with van der Waals surface area (Å²) in [6.45, 7) is 10.8. The van der Waals surface area contributed by atoms with E-state index in [9.17, 15) is 4.79 Å². The SMILES string of the molecule is CC(C)C#CCCNC(=O)COCCOCCC(C)C. The number of hydrogen-bond donors (Lipinski definition) is 1. The predicted molar refractivity (Wildman–Crippen MR) is 81.3 cm³/mol. The molecule has 0 saturated heterocycles. The zero-order valence-electron chi connectivity index (χ0n) is 13.3. The van der Waals surface area contributed by atoms with E-state index in [0.717, 1.165) is 13.0 Å². The van der Waals surface area contributed by atoms with Crippen LogP contribution in [0.2, 0.25) is 0 Å². The van der Waals surface area contributed by atoms with E-state index >= 15 is 0 Å². The van der Waals surface area contributed by atoms with Crippen molar-refractivity contribution in [1.82, 2.24) is 5.32 Å². The molecule has 0 aliphatic carbocycles. The van der Waals surface area contributed by atoms with Gasteiger partial charge >= 0.3 is 0 Å². The first kappa shape index (κ1) is 18.9. The molecule has 4 nitrogen and oxygen atoms in total. The molecule has 0 heterocycles. The molecule has 0 rings (SSSR count). The summed E-state index contributed by atoms with van der Waals surface area (Å²) in [5, 5.41) is 2.77. The van der Waals surface area contributed by atoms with E-state index in [4.69, 9.17) is 9.47 Å². The molecule has 0 radical (unpaired) electrons. The molecule has 4 heteroatoms. The minimum Gasteiger partial charge on any atom is -0.379 e. The monoisotopic (exact) mass is 283 g/mol. The summed E-state index contributed by atoms with van der Waals surface area (Å²) in [6, 6.07) is 0. The van der Waals surface area contributed by atoms with E-state index in [0.29, 0.717) is 38.0 Å². The number of amides is 1. The number of rotatable bonds is 10. The van der Waals surface area contributed by atoms with Crippen LogP contribution in [0, 0.1) is 23.7 Å². The van der Waals surface area contributed by atoms with Gasteiger partial charge in [0.05, 0.1) is 13.2 Å². The van der Waals surface area contributed by atoms with Gasteiger partial charge in [0.2, 0.25) is 5.91 Å². The van der Waals surface area contributed by atoms with Crippen molar-refractivity contribution in [1.29, 1.82) is 0 Å². The average molecular weight is 283 g/mol. The molecule has 0 aromatic carbocycles. The van der Waals surface area contributed by atoms with E-state index < -0.39 is 0 Å². The minimum atomic E-state index is -0.0986. The van der Waals surface area contributed by atoms with Gasteiger partial charge in [-0.1, -0.05) is 27.7 Å². The van der Waals surface area contributed by atoms with Gasteiger partial charge in [-0.15, -0.1) is 11.8 Å². The van der Waals surface area contributed by atoms with Crippen molar-refractivity contribution in [2.45, 2.75) is 40.5 Å². The highest BCUT2D eigenvalue weighted by Gasteiger charge is 2.00. The highest BCUT2D eigenvalue weighted by atomic mass is 16.5. The van der Waals surface area contributed by atoms with Crippen molar-refractivity contribution < 1.29 is 14.3 Å². The Labute approximate surface area is 123 Å². The first-order valence-electron chi connectivity index (χ1n) is 7.43. The first-order chi connectivity index (χ1) is 9.52. The van der Waals surface area contributed by atoms with Gasteiger partial charge in [0, 0.05) is 25.5 Å². The highest BCUT2D eigenvalue weighted by Crippen LogP contribution is 1.98. The molecule has 0 aliphatic heterocycles. The van der Waals surface area contributed by atoms with E-state index in [2.05, 4.69) is 31.0 Å². The number of hydrogen-bond acceptors (Lipinski definition) is 3. The largest absolute Gasteiger partial charge is 0.379 e. The van der Waals surface area contributed by atoms with Gasteiger partial charge in [-0.25, -0.2) is 0 Å². The third-order valence-electron chi connectivity index (χ3n) is 2.41. The van der Waals surface area contributed by atoms with Crippen LogP contribution in [-0.4, -0.2) is 38.9 Å². The smallest absolute Gasteiger partial charge is 0.246 e. The van der Waals surface area contributed by atoms with Crippen molar-refractivity contribution >= 4 is 5.91 Å². The molecule has 0 aromatic heterocycles. The quantitative estimate of drug-likeness (QED) is 0.494. The van der Waals surface area contributed by atoms with Crippen LogP contribution in [0.3, 0.4) is 0 Å². The Kier molecular flexibility index (Phi) is 12.3. The fourth-order valence-corrected chi connectivity index (χ4v) is 1.30. The number of carbonyl (C=O) groups excluding carboxylic acids is 1. The molecule has 0 atom stereocenters. The van der Waals surface area contributed by atoms with Gasteiger partial charge < -0.3 is 14.8 Å². The summed E-state index contributed by atoms with van der Waals surface area (Å²) in [4.78, 5) is 11.4. The molecule has 0 bridgehead atoms. The van der Waals surface area contributed by atoms with Crippen molar-refractivity contribution in [3.8, 4) is 11.8 Å². The minimum absolute atomic E-state index is 0.0884. The number of carbonyl (C=O) groups is 1. The van der Waals surface area contributed by atoms with Gasteiger partial charge in [0.15, 0.2) is 0 Å². The van der Waals surface area contributed by atoms with Gasteiger partial charge in [-0.2, -0.15) is 0 Å². The maximum Gasteiger partial charge on any atom is 0.246 e. The van der Waals surface area contributed by atoms with Gasteiger partial charge in [-0.05, 0) is 12.3 Å². The maximum absolute atomic E-state index is 11.4. The van der Waals surface area contributed by atoms with Crippen LogP contribution in [0.1, 0.15) is 40.5 Å². The third kappa shape index (κ3) is 15.0. The topological polar surface area (TPSA) is 47.6 Å². The second-order valence-electron chi connectivity index (χ2n) is 5.42. The Morgan fingerprint density at radius 2 is 1.80 bits per heavy atom. The predicted octanol–water partition coefficient (Wildman–Crippen LogP) is 2.23. The molecule has 1 N–H and O–H groups in total. The molecular weight excluding hydrogens is 254 g/mol. The number of ether oxygens (including phenoxy) is 2. The van der Waals surface area contributed by atoms with Crippen molar-refractivity contribution in [3.63, 3.8) is 0 Å². The lowest BCUT2D eigenvalue weighted by molar-refractivity contribution is -0.126. The lowest BCUT2D eigenvalue weighted by Crippen LogP contribution is -2.28. The maximum atomic E-state index is 11.4. The lowest BCUT2D eigenvalue weighted by Gasteiger charge is -2.07. The second kappa shape index (κ2) is 13.0. The Morgan fingerprint density at radius 3 is 2.45 bits per heavy atom. The van der Waals surface area contributed by atoms with Gasteiger partial charge in [0.1, 0.15) is 6.61 Å². The van der Waals surface area contributed by atoms with Crippen LogP contribution in [0.5, 0.6) is 0 Å². The normalized spacial score (nSPS) is 10.5. The summed E-state index contributed by atoms with van der Waals surface area (Å²) in [5.41, 5.74) is 0. The Bertz CT molecular complexity index is 303. The summed E-state index contributed by atoms with van der Waals surface area (Å²) >= 11 is 0. The van der Waals surface area contributed by atoms with Crippen molar-refractivity contribution in [3.05, 3.63) is 0 Å². The van der Waals surface area contributed by atoms with Gasteiger partial charge in [-0.3, -0.25) is 4.79 Å². The fourth-order valence-electron chi connectivity index (χ4n) is 1.30. The van der Waals surface area contributed by atoms with E-state index in [-0.39, 0.29) is 12.5 Å². The van der Waals surface area contributed by atoms with E-state index in [1.165, 1.54) is 0 Å². The lowest BCUT2D eigenvalue weighted by atomic mass is 10.1. The van der Waals surface area contributed by atoms with E-state index in [1.54, 1.807) is 0 Å². The summed E-state index contributed by atoms with van der Waals surface area (Å²) in [6.07, 6.45) is 1.74. The highest BCUT2D eigenvalue weighted by molar-refractivity contribution is 5.77. The number of nitrogens with one attached hydrogen (secondary N) is 1. The zero-order chi connectivity index (χ0) is 15.2. The molecule has 0 fully saturated rings. The van der Waals surface area contributed by atoms with Crippen LogP contribution in [-0.2, 0) is 14.3 Å². The molecule has 20 heavy (non-hydrogen) atoms. The Hall–Kier alpha value is -1.05. The standard InChI is InChI=1S/C16H29NO3/c1-14(2)7-5-6-9-17-16(18)13-20-12-11-19-10-8-15(3)4/h14-15H,6,8-13H2,1-4H3,(H,17,18). The van der Waals surface area contributed by atoms with Crippen LogP contribution in [0.4, 0.5) is 0 Å². The Morgan fingerprint density at radius 1 is 1.10 bits per heavy atom. The average Bonchev–Trinajstić information content (AvgIpc) is 2.36. The third-order valence-corrected chi connectivity index (χ3v) is 2.41. The molecule has 116 valence electrons. The zero-order valence-corrected chi connectivity index (χ0v) is 13.3. The second-order valence-corrected chi connectivity index (χ2v) is 5.42. The molecular formula is C16H29NO3. The summed E-state index contributed by atoms with van der Waals surface area (Å²) < 4.78 is 10.6. The van der Waals surface area contributed by atoms with Crippen LogP contribution < -0.4 is 5.32 Å². The first-order valence-corrected chi connectivity index (χ1v) is 7.43. The fraction of sp³-hybridized carbons (Fsp3) is 0.812. The van der Waals surface area contributed by atoms with Crippen molar-refractivity contribution in [2.24, 2.45) is 11.8 Å². The summed E-state index contributed by atoms with van der Waals surface area (Å²) in [7, 11) is 0. The van der Waals surface area contributed by atoms with Gasteiger partial charge in [0.25, 0.3) is 0 Å². The van der Waals surface area contributed by atoms with Crippen LogP contribution >= 0.6 is 0 Å². The molecule has 1 amide bonds. The molecule has 0 saturated carbocycles. The molecule has 0 aromatic rings. The van der Waals surface area contributed by atoms with E-state index in [1.807, 2.05) is 13.8 Å². The van der Waals surface area contributed by atoms with Crippen molar-refractivity contribution in [2.75, 3.05) is 33.0 Å². The van der Waals surface area contributed by atoms with Crippen LogP contribution in [0.25, 0.3) is 0 Å². The molecule has 0 unspecified atom stereocenters. The molecule has 0 spiro atoms.